The molecule has 0 saturated heterocycles. The number of para-hydroxylation sites is 1. The summed E-state index contributed by atoms with van der Waals surface area (Å²) >= 11 is 5.13. The van der Waals surface area contributed by atoms with Gasteiger partial charge in [0, 0.05) is 12.1 Å². The highest BCUT2D eigenvalue weighted by Crippen LogP contribution is 2.26. The minimum Gasteiger partial charge on any atom is -1.00 e. The van der Waals surface area contributed by atoms with E-state index in [0.717, 1.165) is 12.1 Å². The molecule has 3 aromatic rings. The van der Waals surface area contributed by atoms with Crippen LogP contribution in [0.3, 0.4) is 0 Å². The number of nitrogens with zero attached hydrogens (tertiary/aromatic N) is 1. The van der Waals surface area contributed by atoms with Crippen LogP contribution in [0.1, 0.15) is 17.5 Å². The van der Waals surface area contributed by atoms with Crippen molar-refractivity contribution in [3.05, 3.63) is 57.5 Å². The fraction of sp³-hybridized carbons (Fsp3) is 0.118. The van der Waals surface area contributed by atoms with Crippen molar-refractivity contribution in [2.75, 3.05) is 0 Å². The van der Waals surface area contributed by atoms with Gasteiger partial charge < -0.3 is 29.1 Å². The molecule has 3 rings (SSSR count). The van der Waals surface area contributed by atoms with E-state index in [9.17, 15) is 5.11 Å². The van der Waals surface area contributed by atoms with Gasteiger partial charge in [-0.3, -0.25) is 0 Å². The molecule has 0 unspecified atom stereocenters. The maximum atomic E-state index is 9.53. The molecule has 5 heteroatoms. The average Bonchev–Trinajstić information content (AvgIpc) is 2.86. The summed E-state index contributed by atoms with van der Waals surface area (Å²) < 4.78 is 4.32. The Labute approximate surface area is 159 Å². The Hall–Kier alpha value is -0.920. The van der Waals surface area contributed by atoms with Crippen molar-refractivity contribution in [2.24, 2.45) is 0 Å². The zero-order chi connectivity index (χ0) is 14.8. The number of halogens is 2. The van der Waals surface area contributed by atoms with Crippen LogP contribution in [0, 0.1) is 0 Å². The predicted octanol–water partition coefficient (Wildman–Crippen LogP) is 1.85. The summed E-state index contributed by atoms with van der Waals surface area (Å²) in [5.74, 6) is 0.262. The number of fused-ring (bicyclic) bond motifs is 1. The molecule has 1 aromatic heterocycles. The lowest BCUT2D eigenvalue weighted by Gasteiger charge is -1.97. The zero-order valence-corrected chi connectivity index (χ0v) is 16.5. The Morgan fingerprint density at radius 1 is 1.18 bits per heavy atom. The van der Waals surface area contributed by atoms with Crippen LogP contribution in [0.2, 0.25) is 0 Å². The van der Waals surface area contributed by atoms with Crippen molar-refractivity contribution in [3.63, 3.8) is 0 Å². The lowest BCUT2D eigenvalue weighted by Crippen LogP contribution is -3.00. The first-order valence-corrected chi connectivity index (χ1v) is 8.38. The van der Waals surface area contributed by atoms with E-state index in [1.54, 1.807) is 17.4 Å². The molecule has 1 heterocycles. The van der Waals surface area contributed by atoms with Gasteiger partial charge in [-0.05, 0) is 52.7 Å². The van der Waals surface area contributed by atoms with Crippen molar-refractivity contribution in [1.29, 1.82) is 0 Å². The lowest BCUT2D eigenvalue weighted by molar-refractivity contribution is -0.665. The number of hydrogen-bond acceptors (Lipinski definition) is 2. The Bertz CT molecular complexity index is 829. The van der Waals surface area contributed by atoms with Gasteiger partial charge in [0.25, 0.3) is 5.01 Å². The van der Waals surface area contributed by atoms with Crippen molar-refractivity contribution in [1.82, 2.24) is 0 Å². The molecule has 0 radical (unpaired) electrons. The summed E-state index contributed by atoms with van der Waals surface area (Å²) in [6.45, 7) is 3.11. The summed E-state index contributed by atoms with van der Waals surface area (Å²) in [5.41, 5.74) is 2.33. The summed E-state index contributed by atoms with van der Waals surface area (Å²) in [4.78, 5) is 0. The summed E-state index contributed by atoms with van der Waals surface area (Å²) in [5, 5.41) is 10.8. The van der Waals surface area contributed by atoms with Gasteiger partial charge in [0.1, 0.15) is 17.0 Å². The third-order valence-electron chi connectivity index (χ3n) is 3.34. The first-order valence-electron chi connectivity index (χ1n) is 6.77. The molecule has 0 saturated carbocycles. The number of aromatic hydroxyl groups is 1. The summed E-state index contributed by atoms with van der Waals surface area (Å²) in [6.07, 6.45) is 4.20. The van der Waals surface area contributed by atoms with Gasteiger partial charge in [0.2, 0.25) is 5.52 Å². The number of hydrogen-bond donors (Lipinski definition) is 1. The van der Waals surface area contributed by atoms with Crippen molar-refractivity contribution >= 4 is 49.6 Å². The number of aryl methyl sites for hydroxylation is 1. The number of thiazole rings is 1. The molecule has 0 aliphatic carbocycles. The molecule has 114 valence electrons. The van der Waals surface area contributed by atoms with E-state index in [4.69, 9.17) is 0 Å². The first kappa shape index (κ1) is 17.4. The normalized spacial score (nSPS) is 11.0. The Kier molecular flexibility index (Phi) is 6.00. The summed E-state index contributed by atoms with van der Waals surface area (Å²) in [7, 11) is 0. The minimum absolute atomic E-state index is 0. The van der Waals surface area contributed by atoms with E-state index in [2.05, 4.69) is 63.8 Å². The van der Waals surface area contributed by atoms with E-state index in [1.807, 2.05) is 12.1 Å². The number of rotatable bonds is 3. The molecule has 0 spiro atoms. The highest BCUT2D eigenvalue weighted by Gasteiger charge is 2.15. The monoisotopic (exact) mass is 487 g/mol. The molecule has 0 aliphatic rings. The van der Waals surface area contributed by atoms with Gasteiger partial charge in [-0.15, -0.1) is 0 Å². The largest absolute Gasteiger partial charge is 1.00 e. The van der Waals surface area contributed by atoms with E-state index in [0.29, 0.717) is 4.47 Å². The SMILES string of the molecule is CC[n+]1c(C=Cc2ccc(O)c(Br)c2)sc2ccccc21.[I-]. The first-order chi connectivity index (χ1) is 10.2. The van der Waals surface area contributed by atoms with Crippen LogP contribution in [-0.2, 0) is 6.54 Å². The topological polar surface area (TPSA) is 24.1 Å². The molecule has 0 atom stereocenters. The zero-order valence-electron chi connectivity index (χ0n) is 12.0. The molecule has 2 nitrogen and oxygen atoms in total. The fourth-order valence-electron chi connectivity index (χ4n) is 2.30. The molecule has 2 aromatic carbocycles. The number of phenolic OH excluding ortho intramolecular Hbond substituents is 1. The smallest absolute Gasteiger partial charge is 0.262 e. The predicted molar refractivity (Wildman–Crippen MR) is 92.4 cm³/mol. The molecule has 0 bridgehead atoms. The number of phenols is 1. The van der Waals surface area contributed by atoms with Crippen LogP contribution in [0.5, 0.6) is 5.75 Å². The van der Waals surface area contributed by atoms with Crippen molar-refractivity contribution in [3.8, 4) is 5.75 Å². The number of benzene rings is 2. The average molecular weight is 488 g/mol. The second-order valence-electron chi connectivity index (χ2n) is 4.70. The molecule has 0 fully saturated rings. The molecular weight excluding hydrogens is 473 g/mol. The Morgan fingerprint density at radius 3 is 2.68 bits per heavy atom. The van der Waals surface area contributed by atoms with Gasteiger partial charge in [0.05, 0.1) is 4.47 Å². The van der Waals surface area contributed by atoms with Crippen LogP contribution in [0.15, 0.2) is 46.9 Å². The van der Waals surface area contributed by atoms with Crippen LogP contribution in [-0.4, -0.2) is 5.11 Å². The maximum Gasteiger partial charge on any atom is 0.262 e. The van der Waals surface area contributed by atoms with Crippen molar-refractivity contribution < 1.29 is 33.7 Å². The van der Waals surface area contributed by atoms with Crippen LogP contribution >= 0.6 is 27.3 Å². The van der Waals surface area contributed by atoms with Gasteiger partial charge in [0.15, 0.2) is 0 Å². The fourth-order valence-corrected chi connectivity index (χ4v) is 3.82. The third-order valence-corrected chi connectivity index (χ3v) is 5.11. The van der Waals surface area contributed by atoms with Gasteiger partial charge >= 0.3 is 0 Å². The van der Waals surface area contributed by atoms with Crippen LogP contribution in [0.25, 0.3) is 22.4 Å². The minimum atomic E-state index is 0. The van der Waals surface area contributed by atoms with Crippen LogP contribution < -0.4 is 28.5 Å². The van der Waals surface area contributed by atoms with E-state index in [-0.39, 0.29) is 29.7 Å². The lowest BCUT2D eigenvalue weighted by atomic mass is 10.2. The van der Waals surface area contributed by atoms with Gasteiger partial charge in [-0.2, -0.15) is 4.57 Å². The van der Waals surface area contributed by atoms with E-state index >= 15 is 0 Å². The second kappa shape index (κ2) is 7.57. The molecule has 0 amide bonds. The Balaban J connectivity index is 0.00000176. The van der Waals surface area contributed by atoms with Gasteiger partial charge in [-0.25, -0.2) is 0 Å². The van der Waals surface area contributed by atoms with Crippen LogP contribution in [0.4, 0.5) is 0 Å². The van der Waals surface area contributed by atoms with E-state index < -0.39 is 0 Å². The highest BCUT2D eigenvalue weighted by molar-refractivity contribution is 9.10. The second-order valence-corrected chi connectivity index (χ2v) is 6.61. The number of aromatic nitrogens is 1. The molecule has 1 N–H and O–H groups in total. The maximum absolute atomic E-state index is 9.53. The molecular formula is C17H15BrINOS. The Morgan fingerprint density at radius 2 is 1.95 bits per heavy atom. The summed E-state index contributed by atoms with van der Waals surface area (Å²) in [6, 6.07) is 14.0. The van der Waals surface area contributed by atoms with E-state index in [1.165, 1.54) is 15.2 Å². The quantitative estimate of drug-likeness (QED) is 0.442. The molecule has 22 heavy (non-hydrogen) atoms. The highest BCUT2D eigenvalue weighted by atomic mass is 127. The van der Waals surface area contributed by atoms with Crippen molar-refractivity contribution in [2.45, 2.75) is 13.5 Å². The van der Waals surface area contributed by atoms with Gasteiger partial charge in [-0.1, -0.05) is 29.5 Å². The third kappa shape index (κ3) is 3.52. The standard InChI is InChI=1S/C17H14BrNOS.HI/c1-2-19-14-5-3-4-6-16(14)21-17(19)10-8-12-7-9-15(20)13(18)11-12;/h3-11H,2H2,1H3;1H. The molecule has 0 aliphatic heterocycles.